The summed E-state index contributed by atoms with van der Waals surface area (Å²) in [6.07, 6.45) is 0.362. The van der Waals surface area contributed by atoms with Crippen LogP contribution >= 0.6 is 0 Å². The van der Waals surface area contributed by atoms with E-state index in [0.29, 0.717) is 24.7 Å². The number of carbonyl (C=O) groups is 1. The molecular weight excluding hydrogens is 342 g/mol. The van der Waals surface area contributed by atoms with Crippen LogP contribution in [0.25, 0.3) is 11.4 Å². The van der Waals surface area contributed by atoms with E-state index >= 15 is 0 Å². The molecule has 1 atom stereocenters. The van der Waals surface area contributed by atoms with E-state index in [4.69, 9.17) is 9.26 Å². The molecule has 0 bridgehead atoms. The second-order valence-corrected chi connectivity index (χ2v) is 6.88. The summed E-state index contributed by atoms with van der Waals surface area (Å²) in [6, 6.07) is 13.6. The van der Waals surface area contributed by atoms with Crippen LogP contribution in [0.15, 0.2) is 47.0 Å². The van der Waals surface area contributed by atoms with E-state index in [1.54, 1.807) is 12.0 Å². The zero-order chi connectivity index (χ0) is 19.0. The Bertz CT molecular complexity index is 979. The van der Waals surface area contributed by atoms with Gasteiger partial charge in [0.15, 0.2) is 0 Å². The van der Waals surface area contributed by atoms with Gasteiger partial charge in [0.05, 0.1) is 13.0 Å². The smallest absolute Gasteiger partial charge is 0.232 e. The largest absolute Gasteiger partial charge is 0.497 e. The van der Waals surface area contributed by atoms with Gasteiger partial charge in [0, 0.05) is 24.2 Å². The second-order valence-electron chi connectivity index (χ2n) is 6.88. The van der Waals surface area contributed by atoms with Crippen LogP contribution in [0.3, 0.4) is 0 Å². The maximum absolute atomic E-state index is 12.5. The van der Waals surface area contributed by atoms with E-state index in [1.165, 1.54) is 5.56 Å². The standard InChI is InChI=1S/C21H21N3O3/c1-13-4-9-18(14(2)10-13)20-22-21(27-23-20)15-11-19(25)24(12-15)16-5-7-17(26-3)8-6-16/h4-10,15H,11-12H2,1-3H3. The minimum Gasteiger partial charge on any atom is -0.497 e. The van der Waals surface area contributed by atoms with Gasteiger partial charge in [0.2, 0.25) is 17.6 Å². The number of aryl methyl sites for hydroxylation is 2. The van der Waals surface area contributed by atoms with Crippen molar-refractivity contribution in [3.8, 4) is 17.1 Å². The SMILES string of the molecule is COc1ccc(N2CC(c3nc(-c4ccc(C)cc4C)no3)CC2=O)cc1. The first kappa shape index (κ1) is 17.3. The Balaban J connectivity index is 1.54. The number of hydrogen-bond acceptors (Lipinski definition) is 5. The maximum Gasteiger partial charge on any atom is 0.232 e. The lowest BCUT2D eigenvalue weighted by Crippen LogP contribution is -2.24. The van der Waals surface area contributed by atoms with Gasteiger partial charge >= 0.3 is 0 Å². The average Bonchev–Trinajstić information content (AvgIpc) is 3.29. The lowest BCUT2D eigenvalue weighted by atomic mass is 10.1. The summed E-state index contributed by atoms with van der Waals surface area (Å²) in [5.74, 6) is 1.78. The number of benzene rings is 2. The molecule has 0 N–H and O–H groups in total. The molecule has 3 aromatic rings. The third kappa shape index (κ3) is 3.30. The minimum atomic E-state index is -0.105. The first-order chi connectivity index (χ1) is 13.0. The molecule has 6 nitrogen and oxygen atoms in total. The van der Waals surface area contributed by atoms with Gasteiger partial charge in [-0.1, -0.05) is 28.9 Å². The number of rotatable bonds is 4. The number of aromatic nitrogens is 2. The monoisotopic (exact) mass is 363 g/mol. The van der Waals surface area contributed by atoms with Crippen LogP contribution < -0.4 is 9.64 Å². The summed E-state index contributed by atoms with van der Waals surface area (Å²) in [4.78, 5) is 18.8. The topological polar surface area (TPSA) is 68.5 Å². The van der Waals surface area contributed by atoms with Gasteiger partial charge in [-0.05, 0) is 43.7 Å². The average molecular weight is 363 g/mol. The zero-order valence-corrected chi connectivity index (χ0v) is 15.6. The number of carbonyl (C=O) groups excluding carboxylic acids is 1. The van der Waals surface area contributed by atoms with Crippen LogP contribution in [0.5, 0.6) is 5.75 Å². The van der Waals surface area contributed by atoms with Crippen LogP contribution in [0, 0.1) is 13.8 Å². The quantitative estimate of drug-likeness (QED) is 0.703. The van der Waals surface area contributed by atoms with Crippen molar-refractivity contribution in [1.29, 1.82) is 0 Å². The van der Waals surface area contributed by atoms with Crippen molar-refractivity contribution in [2.75, 3.05) is 18.6 Å². The van der Waals surface area contributed by atoms with Crippen molar-refractivity contribution in [2.45, 2.75) is 26.2 Å². The number of anilines is 1. The van der Waals surface area contributed by atoms with Gasteiger partial charge in [-0.15, -0.1) is 0 Å². The lowest BCUT2D eigenvalue weighted by molar-refractivity contribution is -0.117. The number of hydrogen-bond donors (Lipinski definition) is 0. The molecule has 1 amide bonds. The highest BCUT2D eigenvalue weighted by molar-refractivity contribution is 5.96. The van der Waals surface area contributed by atoms with Crippen molar-refractivity contribution in [3.63, 3.8) is 0 Å². The number of ether oxygens (including phenoxy) is 1. The van der Waals surface area contributed by atoms with Gasteiger partial charge in [0.1, 0.15) is 5.75 Å². The third-order valence-electron chi connectivity index (χ3n) is 4.92. The molecule has 0 aliphatic carbocycles. The minimum absolute atomic E-state index is 0.0523. The van der Waals surface area contributed by atoms with Crippen molar-refractivity contribution in [1.82, 2.24) is 10.1 Å². The highest BCUT2D eigenvalue weighted by Crippen LogP contribution is 2.33. The fourth-order valence-corrected chi connectivity index (χ4v) is 3.46. The predicted molar refractivity (Wildman–Crippen MR) is 102 cm³/mol. The molecular formula is C21H21N3O3. The Morgan fingerprint density at radius 3 is 2.63 bits per heavy atom. The molecule has 0 saturated carbocycles. The van der Waals surface area contributed by atoms with Crippen LogP contribution in [-0.2, 0) is 4.79 Å². The highest BCUT2D eigenvalue weighted by atomic mass is 16.5. The second kappa shape index (κ2) is 6.87. The van der Waals surface area contributed by atoms with Gasteiger partial charge < -0.3 is 14.2 Å². The molecule has 4 rings (SSSR count). The van der Waals surface area contributed by atoms with Crippen LogP contribution in [0.4, 0.5) is 5.69 Å². The molecule has 2 aromatic carbocycles. The Hall–Kier alpha value is -3.15. The third-order valence-corrected chi connectivity index (χ3v) is 4.92. The van der Waals surface area contributed by atoms with Gasteiger partial charge in [-0.2, -0.15) is 4.98 Å². The van der Waals surface area contributed by atoms with Crippen molar-refractivity contribution < 1.29 is 14.1 Å². The van der Waals surface area contributed by atoms with Crippen LogP contribution in [0.1, 0.15) is 29.4 Å². The zero-order valence-electron chi connectivity index (χ0n) is 15.6. The summed E-state index contributed by atoms with van der Waals surface area (Å²) in [5.41, 5.74) is 4.09. The van der Waals surface area contributed by atoms with Crippen molar-refractivity contribution in [2.24, 2.45) is 0 Å². The van der Waals surface area contributed by atoms with E-state index in [0.717, 1.165) is 22.6 Å². The molecule has 1 unspecified atom stereocenters. The highest BCUT2D eigenvalue weighted by Gasteiger charge is 2.35. The first-order valence-corrected chi connectivity index (χ1v) is 8.91. The van der Waals surface area contributed by atoms with Crippen LogP contribution in [0.2, 0.25) is 0 Å². The predicted octanol–water partition coefficient (Wildman–Crippen LogP) is 3.88. The molecule has 2 heterocycles. The summed E-state index contributed by atoms with van der Waals surface area (Å²) >= 11 is 0. The molecule has 1 aliphatic heterocycles. The first-order valence-electron chi connectivity index (χ1n) is 8.91. The molecule has 1 aromatic heterocycles. The van der Waals surface area contributed by atoms with E-state index < -0.39 is 0 Å². The van der Waals surface area contributed by atoms with E-state index in [1.807, 2.05) is 43.3 Å². The maximum atomic E-state index is 12.5. The molecule has 0 radical (unpaired) electrons. The Kier molecular flexibility index (Phi) is 4.39. The van der Waals surface area contributed by atoms with E-state index in [2.05, 4.69) is 23.1 Å². The fraction of sp³-hybridized carbons (Fsp3) is 0.286. The lowest BCUT2D eigenvalue weighted by Gasteiger charge is -2.16. The fourth-order valence-electron chi connectivity index (χ4n) is 3.46. The molecule has 6 heteroatoms. The summed E-state index contributed by atoms with van der Waals surface area (Å²) in [6.45, 7) is 4.61. The molecule has 27 heavy (non-hydrogen) atoms. The van der Waals surface area contributed by atoms with E-state index in [9.17, 15) is 4.79 Å². The number of methoxy groups -OCH3 is 1. The van der Waals surface area contributed by atoms with E-state index in [-0.39, 0.29) is 11.8 Å². The van der Waals surface area contributed by atoms with Crippen molar-refractivity contribution in [3.05, 3.63) is 59.5 Å². The van der Waals surface area contributed by atoms with Gasteiger partial charge in [0.25, 0.3) is 0 Å². The Morgan fingerprint density at radius 1 is 1.15 bits per heavy atom. The summed E-state index contributed by atoms with van der Waals surface area (Å²) in [7, 11) is 1.62. The Morgan fingerprint density at radius 2 is 1.93 bits per heavy atom. The molecule has 138 valence electrons. The van der Waals surface area contributed by atoms with Gasteiger partial charge in [-0.3, -0.25) is 4.79 Å². The molecule has 1 aliphatic rings. The summed E-state index contributed by atoms with van der Waals surface area (Å²) < 4.78 is 10.7. The molecule has 1 fully saturated rings. The summed E-state index contributed by atoms with van der Waals surface area (Å²) in [5, 5.41) is 4.13. The van der Waals surface area contributed by atoms with Crippen LogP contribution in [-0.4, -0.2) is 29.7 Å². The number of amides is 1. The Labute approximate surface area is 157 Å². The molecule has 1 saturated heterocycles. The normalized spacial score (nSPS) is 16.8. The van der Waals surface area contributed by atoms with Crippen molar-refractivity contribution >= 4 is 11.6 Å². The van der Waals surface area contributed by atoms with Gasteiger partial charge in [-0.25, -0.2) is 0 Å². The molecule has 0 spiro atoms. The number of nitrogens with zero attached hydrogens (tertiary/aromatic N) is 3.